The molecule has 1 nitrogen and oxygen atoms in total. The van der Waals surface area contributed by atoms with Gasteiger partial charge in [0.2, 0.25) is 0 Å². The van der Waals surface area contributed by atoms with Crippen LogP contribution in [0.5, 0.6) is 0 Å². The predicted octanol–water partition coefficient (Wildman–Crippen LogP) is 2.40. The Labute approximate surface area is 62.8 Å². The highest BCUT2D eigenvalue weighted by Gasteiger charge is 2.37. The average molecular weight is 140 g/mol. The van der Waals surface area contributed by atoms with E-state index < -0.39 is 0 Å². The molecule has 1 fully saturated rings. The van der Waals surface area contributed by atoms with Crippen LogP contribution < -0.4 is 0 Å². The maximum atomic E-state index is 11.0. The number of hydrogen-bond donors (Lipinski definition) is 0. The van der Waals surface area contributed by atoms with E-state index in [0.29, 0.717) is 11.7 Å². The lowest BCUT2D eigenvalue weighted by molar-refractivity contribution is -0.117. The van der Waals surface area contributed by atoms with E-state index in [1.807, 2.05) is 0 Å². The van der Waals surface area contributed by atoms with Crippen molar-refractivity contribution in [2.75, 3.05) is 0 Å². The van der Waals surface area contributed by atoms with Gasteiger partial charge in [-0.2, -0.15) is 0 Å². The fourth-order valence-corrected chi connectivity index (χ4v) is 1.97. The highest BCUT2D eigenvalue weighted by Crippen LogP contribution is 2.42. The van der Waals surface area contributed by atoms with Crippen LogP contribution >= 0.6 is 0 Å². The number of ketones is 1. The van der Waals surface area contributed by atoms with Gasteiger partial charge in [0.25, 0.3) is 0 Å². The number of carbonyl (C=O) groups excluding carboxylic acids is 1. The summed E-state index contributed by atoms with van der Waals surface area (Å²) in [5, 5.41) is 0. The first-order valence-electron chi connectivity index (χ1n) is 4.08. The first kappa shape index (κ1) is 7.77. The summed E-state index contributed by atoms with van der Waals surface area (Å²) in [7, 11) is 0. The Morgan fingerprint density at radius 2 is 2.20 bits per heavy atom. The molecule has 0 radical (unpaired) electrons. The van der Waals surface area contributed by atoms with E-state index in [0.717, 1.165) is 19.3 Å². The van der Waals surface area contributed by atoms with Gasteiger partial charge >= 0.3 is 0 Å². The molecule has 1 saturated carbocycles. The molecular formula is C9H16O. The van der Waals surface area contributed by atoms with E-state index >= 15 is 0 Å². The molecule has 10 heavy (non-hydrogen) atoms. The van der Waals surface area contributed by atoms with E-state index in [9.17, 15) is 4.79 Å². The minimum absolute atomic E-state index is 0.284. The maximum Gasteiger partial charge on any atom is 0.133 e. The Morgan fingerprint density at radius 1 is 1.60 bits per heavy atom. The summed E-state index contributed by atoms with van der Waals surface area (Å²) in [5.74, 6) is 1.09. The molecule has 0 aromatic carbocycles. The number of carbonyl (C=O) groups is 1. The van der Waals surface area contributed by atoms with Crippen LogP contribution in [0.2, 0.25) is 0 Å². The Morgan fingerprint density at radius 3 is 2.40 bits per heavy atom. The van der Waals surface area contributed by atoms with Crippen molar-refractivity contribution in [2.45, 2.75) is 40.0 Å². The lowest BCUT2D eigenvalue weighted by Gasteiger charge is -2.24. The second-order valence-corrected chi connectivity index (χ2v) is 4.01. The van der Waals surface area contributed by atoms with Gasteiger partial charge < -0.3 is 0 Å². The van der Waals surface area contributed by atoms with Crippen molar-refractivity contribution in [2.24, 2.45) is 11.3 Å². The van der Waals surface area contributed by atoms with Crippen LogP contribution in [0.1, 0.15) is 40.0 Å². The SMILES string of the molecule is CC[C@@H]1CC(=O)CC1(C)C. The van der Waals surface area contributed by atoms with Gasteiger partial charge in [-0.15, -0.1) is 0 Å². The van der Waals surface area contributed by atoms with Crippen molar-refractivity contribution < 1.29 is 4.79 Å². The zero-order chi connectivity index (χ0) is 7.78. The van der Waals surface area contributed by atoms with Crippen molar-refractivity contribution in [1.29, 1.82) is 0 Å². The quantitative estimate of drug-likeness (QED) is 0.546. The zero-order valence-corrected chi connectivity index (χ0v) is 7.11. The Hall–Kier alpha value is -0.330. The molecule has 0 aromatic rings. The minimum atomic E-state index is 0.284. The highest BCUT2D eigenvalue weighted by molar-refractivity contribution is 5.81. The first-order chi connectivity index (χ1) is 4.56. The van der Waals surface area contributed by atoms with Crippen molar-refractivity contribution >= 4 is 5.78 Å². The van der Waals surface area contributed by atoms with Crippen LogP contribution in [-0.2, 0) is 4.79 Å². The second-order valence-electron chi connectivity index (χ2n) is 4.01. The predicted molar refractivity (Wildman–Crippen MR) is 41.8 cm³/mol. The van der Waals surface area contributed by atoms with Crippen LogP contribution in [0.4, 0.5) is 0 Å². The molecule has 58 valence electrons. The van der Waals surface area contributed by atoms with Crippen molar-refractivity contribution in [3.63, 3.8) is 0 Å². The van der Waals surface area contributed by atoms with Gasteiger partial charge in [-0.3, -0.25) is 4.79 Å². The normalized spacial score (nSPS) is 31.1. The van der Waals surface area contributed by atoms with Gasteiger partial charge in [-0.05, 0) is 11.3 Å². The molecule has 0 heterocycles. The largest absolute Gasteiger partial charge is 0.300 e. The number of hydrogen-bond acceptors (Lipinski definition) is 1. The number of rotatable bonds is 1. The van der Waals surface area contributed by atoms with Crippen LogP contribution in [-0.4, -0.2) is 5.78 Å². The molecule has 1 heteroatoms. The van der Waals surface area contributed by atoms with E-state index in [1.54, 1.807) is 0 Å². The second kappa shape index (κ2) is 2.37. The molecular weight excluding hydrogens is 124 g/mol. The van der Waals surface area contributed by atoms with Crippen LogP contribution in [0.15, 0.2) is 0 Å². The fourth-order valence-electron chi connectivity index (χ4n) is 1.97. The Balaban J connectivity index is 2.67. The summed E-state index contributed by atoms with van der Waals surface area (Å²) in [6.45, 7) is 6.57. The summed E-state index contributed by atoms with van der Waals surface area (Å²) in [6.07, 6.45) is 2.77. The van der Waals surface area contributed by atoms with E-state index in [4.69, 9.17) is 0 Å². The molecule has 0 bridgehead atoms. The van der Waals surface area contributed by atoms with Crippen molar-refractivity contribution in [1.82, 2.24) is 0 Å². The van der Waals surface area contributed by atoms with Gasteiger partial charge in [0.05, 0.1) is 0 Å². The molecule has 1 aliphatic rings. The fraction of sp³-hybridized carbons (Fsp3) is 0.889. The average Bonchev–Trinajstić information content (AvgIpc) is 2.04. The van der Waals surface area contributed by atoms with E-state index in [2.05, 4.69) is 20.8 Å². The molecule has 0 amide bonds. The highest BCUT2D eigenvalue weighted by atomic mass is 16.1. The standard InChI is InChI=1S/C9H16O/c1-4-7-5-8(10)6-9(7,2)3/h7H,4-6H2,1-3H3/t7-/m1/s1. The molecule has 1 atom stereocenters. The van der Waals surface area contributed by atoms with Gasteiger partial charge in [0.1, 0.15) is 5.78 Å². The lowest BCUT2D eigenvalue weighted by Crippen LogP contribution is -2.15. The summed E-state index contributed by atoms with van der Waals surface area (Å²) in [5.41, 5.74) is 0.284. The molecule has 0 aromatic heterocycles. The first-order valence-corrected chi connectivity index (χ1v) is 4.08. The molecule has 0 N–H and O–H groups in total. The summed E-state index contributed by atoms with van der Waals surface area (Å²) in [4.78, 5) is 11.0. The third-order valence-corrected chi connectivity index (χ3v) is 2.72. The maximum absolute atomic E-state index is 11.0. The van der Waals surface area contributed by atoms with Gasteiger partial charge in [-0.25, -0.2) is 0 Å². The van der Waals surface area contributed by atoms with Gasteiger partial charge in [-0.1, -0.05) is 27.2 Å². The third-order valence-electron chi connectivity index (χ3n) is 2.72. The van der Waals surface area contributed by atoms with Crippen molar-refractivity contribution in [3.8, 4) is 0 Å². The van der Waals surface area contributed by atoms with Crippen LogP contribution in [0, 0.1) is 11.3 Å². The van der Waals surface area contributed by atoms with Crippen LogP contribution in [0.3, 0.4) is 0 Å². The lowest BCUT2D eigenvalue weighted by atomic mass is 9.80. The van der Waals surface area contributed by atoms with E-state index in [-0.39, 0.29) is 5.41 Å². The van der Waals surface area contributed by atoms with Crippen molar-refractivity contribution in [3.05, 3.63) is 0 Å². The smallest absolute Gasteiger partial charge is 0.133 e. The molecule has 0 spiro atoms. The minimum Gasteiger partial charge on any atom is -0.300 e. The Bertz CT molecular complexity index is 147. The van der Waals surface area contributed by atoms with Crippen LogP contribution in [0.25, 0.3) is 0 Å². The summed E-state index contributed by atoms with van der Waals surface area (Å²) >= 11 is 0. The molecule has 1 rings (SSSR count). The zero-order valence-electron chi connectivity index (χ0n) is 7.11. The van der Waals surface area contributed by atoms with Gasteiger partial charge in [0, 0.05) is 12.8 Å². The molecule has 1 aliphatic carbocycles. The monoisotopic (exact) mass is 140 g/mol. The molecule has 0 aliphatic heterocycles. The third kappa shape index (κ3) is 1.23. The Kier molecular flexibility index (Phi) is 1.84. The summed E-state index contributed by atoms with van der Waals surface area (Å²) < 4.78 is 0. The number of Topliss-reactive ketones (excluding diaryl/α,β-unsaturated/α-hetero) is 1. The van der Waals surface area contributed by atoms with E-state index in [1.165, 1.54) is 0 Å². The van der Waals surface area contributed by atoms with Gasteiger partial charge in [0.15, 0.2) is 0 Å². The topological polar surface area (TPSA) is 17.1 Å². The molecule has 0 saturated heterocycles. The molecule has 0 unspecified atom stereocenters. The summed E-state index contributed by atoms with van der Waals surface area (Å²) in [6, 6.07) is 0.